The van der Waals surface area contributed by atoms with Gasteiger partial charge in [-0.25, -0.2) is 0 Å². The Labute approximate surface area is 131 Å². The van der Waals surface area contributed by atoms with Crippen LogP contribution in [0.1, 0.15) is 79.1 Å². The largest absolute Gasteiger partial charge is 0.361 e. The Bertz CT molecular complexity index is 290. The van der Waals surface area contributed by atoms with Gasteiger partial charge in [0.25, 0.3) is 0 Å². The smallest absolute Gasteiger partial charge is 0.224 e. The fourth-order valence-corrected chi connectivity index (χ4v) is 2.86. The molecule has 0 aromatic heterocycles. The third-order valence-electron chi connectivity index (χ3n) is 4.14. The van der Waals surface area contributed by atoms with Crippen LogP contribution < -0.4 is 0 Å². The van der Waals surface area contributed by atoms with Gasteiger partial charge in [0.05, 0.1) is 6.61 Å². The molecule has 1 aliphatic rings. The lowest BCUT2D eigenvalue weighted by atomic mass is 9.90. The number of ether oxygens (including phenoxy) is 1. The van der Waals surface area contributed by atoms with E-state index in [1.54, 1.807) is 0 Å². The minimum atomic E-state index is 0.0465. The van der Waals surface area contributed by atoms with Crippen LogP contribution in [0.4, 0.5) is 0 Å². The normalized spacial score (nSPS) is 17.0. The molecule has 0 unspecified atom stereocenters. The molecule has 0 bridgehead atoms. The zero-order valence-corrected chi connectivity index (χ0v) is 14.6. The molecule has 0 aliphatic heterocycles. The number of nitrogens with zero attached hydrogens (tertiary/aromatic N) is 1. The first-order chi connectivity index (χ1) is 9.92. The molecule has 124 valence electrons. The van der Waals surface area contributed by atoms with Crippen LogP contribution in [0.3, 0.4) is 0 Å². The van der Waals surface area contributed by atoms with E-state index in [0.717, 1.165) is 26.0 Å². The van der Waals surface area contributed by atoms with Crippen LogP contribution in [0.2, 0.25) is 0 Å². The van der Waals surface area contributed by atoms with Gasteiger partial charge in [-0.05, 0) is 30.6 Å². The standard InChI is InChI=1S/C18H35NO2/c1-5-6-12-19(17(20)13-18(2,3)4)15-21-14-16-10-8-7-9-11-16/h16H,5-15H2,1-4H3. The number of unbranched alkanes of at least 4 members (excludes halogenated alkanes) is 1. The molecule has 0 aromatic carbocycles. The predicted molar refractivity (Wildman–Crippen MR) is 88.1 cm³/mol. The molecule has 0 heterocycles. The molecule has 0 radical (unpaired) electrons. The van der Waals surface area contributed by atoms with Crippen LogP contribution in [0.25, 0.3) is 0 Å². The maximum Gasteiger partial charge on any atom is 0.224 e. The quantitative estimate of drug-likeness (QED) is 0.612. The average Bonchev–Trinajstić information content (AvgIpc) is 2.41. The molecule has 0 saturated heterocycles. The Morgan fingerprint density at radius 1 is 1.19 bits per heavy atom. The number of carbonyl (C=O) groups excluding carboxylic acids is 1. The molecule has 1 rings (SSSR count). The van der Waals surface area contributed by atoms with E-state index in [9.17, 15) is 4.79 Å². The van der Waals surface area contributed by atoms with Gasteiger partial charge in [0.15, 0.2) is 0 Å². The van der Waals surface area contributed by atoms with Crippen molar-refractivity contribution in [3.05, 3.63) is 0 Å². The fourth-order valence-electron chi connectivity index (χ4n) is 2.86. The van der Waals surface area contributed by atoms with Crippen molar-refractivity contribution in [1.29, 1.82) is 0 Å². The number of carbonyl (C=O) groups is 1. The van der Waals surface area contributed by atoms with Gasteiger partial charge in [-0.3, -0.25) is 4.79 Å². The van der Waals surface area contributed by atoms with Crippen molar-refractivity contribution in [2.24, 2.45) is 11.3 Å². The van der Waals surface area contributed by atoms with Gasteiger partial charge in [-0.2, -0.15) is 0 Å². The van der Waals surface area contributed by atoms with Crippen molar-refractivity contribution in [2.75, 3.05) is 19.9 Å². The van der Waals surface area contributed by atoms with E-state index in [0.29, 0.717) is 19.1 Å². The van der Waals surface area contributed by atoms with Crippen molar-refractivity contribution in [3.8, 4) is 0 Å². The lowest BCUT2D eigenvalue weighted by Gasteiger charge is -2.28. The highest BCUT2D eigenvalue weighted by atomic mass is 16.5. The molecule has 1 aliphatic carbocycles. The summed E-state index contributed by atoms with van der Waals surface area (Å²) in [6.45, 7) is 10.6. The molecule has 0 N–H and O–H groups in total. The summed E-state index contributed by atoms with van der Waals surface area (Å²) in [5.41, 5.74) is 0.0465. The zero-order chi connectivity index (χ0) is 15.7. The Morgan fingerprint density at radius 3 is 2.43 bits per heavy atom. The van der Waals surface area contributed by atoms with Crippen molar-refractivity contribution in [3.63, 3.8) is 0 Å². The molecular weight excluding hydrogens is 262 g/mol. The summed E-state index contributed by atoms with van der Waals surface area (Å²) in [5.74, 6) is 0.948. The average molecular weight is 297 g/mol. The SMILES string of the molecule is CCCCN(COCC1CCCCC1)C(=O)CC(C)(C)C. The summed E-state index contributed by atoms with van der Waals surface area (Å²) in [6, 6.07) is 0. The van der Waals surface area contributed by atoms with Crippen LogP contribution >= 0.6 is 0 Å². The topological polar surface area (TPSA) is 29.5 Å². The number of hydrogen-bond donors (Lipinski definition) is 0. The molecule has 0 atom stereocenters. The molecule has 3 heteroatoms. The van der Waals surface area contributed by atoms with Gasteiger partial charge < -0.3 is 9.64 Å². The Morgan fingerprint density at radius 2 is 1.86 bits per heavy atom. The molecule has 3 nitrogen and oxygen atoms in total. The summed E-state index contributed by atoms with van der Waals surface area (Å²) < 4.78 is 5.87. The highest BCUT2D eigenvalue weighted by Crippen LogP contribution is 2.24. The van der Waals surface area contributed by atoms with Crippen LogP contribution in [0, 0.1) is 11.3 Å². The zero-order valence-electron chi connectivity index (χ0n) is 14.6. The van der Waals surface area contributed by atoms with Crippen LogP contribution in [0.15, 0.2) is 0 Å². The second-order valence-electron chi connectivity index (χ2n) is 7.75. The second kappa shape index (κ2) is 9.45. The molecule has 21 heavy (non-hydrogen) atoms. The van der Waals surface area contributed by atoms with E-state index in [1.807, 2.05) is 4.90 Å². The van der Waals surface area contributed by atoms with Gasteiger partial charge in [-0.1, -0.05) is 53.4 Å². The maximum absolute atomic E-state index is 12.4. The third-order valence-corrected chi connectivity index (χ3v) is 4.14. The minimum Gasteiger partial charge on any atom is -0.361 e. The monoisotopic (exact) mass is 297 g/mol. The molecular formula is C18H35NO2. The summed E-state index contributed by atoms with van der Waals surface area (Å²) in [5, 5.41) is 0. The number of hydrogen-bond acceptors (Lipinski definition) is 2. The first-order valence-corrected chi connectivity index (χ1v) is 8.78. The lowest BCUT2D eigenvalue weighted by Crippen LogP contribution is -2.36. The maximum atomic E-state index is 12.4. The van der Waals surface area contributed by atoms with E-state index in [4.69, 9.17) is 4.74 Å². The number of amides is 1. The lowest BCUT2D eigenvalue weighted by molar-refractivity contribution is -0.139. The molecule has 1 saturated carbocycles. The van der Waals surface area contributed by atoms with Crippen molar-refractivity contribution < 1.29 is 9.53 Å². The van der Waals surface area contributed by atoms with Crippen molar-refractivity contribution >= 4 is 5.91 Å². The molecule has 1 fully saturated rings. The van der Waals surface area contributed by atoms with E-state index in [1.165, 1.54) is 32.1 Å². The first kappa shape index (κ1) is 18.5. The third kappa shape index (κ3) is 8.45. The van der Waals surface area contributed by atoms with Crippen LogP contribution in [0.5, 0.6) is 0 Å². The number of rotatable bonds is 8. The molecule has 0 aromatic rings. The van der Waals surface area contributed by atoms with E-state index >= 15 is 0 Å². The van der Waals surface area contributed by atoms with Gasteiger partial charge in [0.2, 0.25) is 5.91 Å². The van der Waals surface area contributed by atoms with Crippen LogP contribution in [-0.2, 0) is 9.53 Å². The summed E-state index contributed by atoms with van der Waals surface area (Å²) in [7, 11) is 0. The summed E-state index contributed by atoms with van der Waals surface area (Å²) in [4.78, 5) is 14.3. The fraction of sp³-hybridized carbons (Fsp3) is 0.944. The highest BCUT2D eigenvalue weighted by Gasteiger charge is 2.21. The highest BCUT2D eigenvalue weighted by molar-refractivity contribution is 5.76. The van der Waals surface area contributed by atoms with Crippen molar-refractivity contribution in [2.45, 2.75) is 79.1 Å². The minimum absolute atomic E-state index is 0.0465. The first-order valence-electron chi connectivity index (χ1n) is 8.78. The van der Waals surface area contributed by atoms with Crippen molar-refractivity contribution in [1.82, 2.24) is 4.90 Å². The molecule has 1 amide bonds. The van der Waals surface area contributed by atoms with Gasteiger partial charge >= 0.3 is 0 Å². The molecule has 0 spiro atoms. The summed E-state index contributed by atoms with van der Waals surface area (Å²) in [6.07, 6.45) is 9.43. The second-order valence-corrected chi connectivity index (χ2v) is 7.75. The van der Waals surface area contributed by atoms with E-state index in [2.05, 4.69) is 27.7 Å². The van der Waals surface area contributed by atoms with Gasteiger partial charge in [0, 0.05) is 13.0 Å². The van der Waals surface area contributed by atoms with E-state index in [-0.39, 0.29) is 11.3 Å². The predicted octanol–water partition coefficient (Wildman–Crippen LogP) is 4.61. The van der Waals surface area contributed by atoms with Gasteiger partial charge in [0.1, 0.15) is 6.73 Å². The Balaban J connectivity index is 2.35. The van der Waals surface area contributed by atoms with E-state index < -0.39 is 0 Å². The summed E-state index contributed by atoms with van der Waals surface area (Å²) >= 11 is 0. The Hall–Kier alpha value is -0.570. The Kier molecular flexibility index (Phi) is 8.31. The van der Waals surface area contributed by atoms with Crippen LogP contribution in [-0.4, -0.2) is 30.7 Å². The van der Waals surface area contributed by atoms with Gasteiger partial charge in [-0.15, -0.1) is 0 Å².